The van der Waals surface area contributed by atoms with Crippen LogP contribution in [0, 0.1) is 5.41 Å². The van der Waals surface area contributed by atoms with Gasteiger partial charge in [0.1, 0.15) is 5.60 Å². The van der Waals surface area contributed by atoms with E-state index < -0.39 is 17.0 Å². The van der Waals surface area contributed by atoms with Crippen LogP contribution in [0.25, 0.3) is 0 Å². The average Bonchev–Trinajstić information content (AvgIpc) is 2.28. The van der Waals surface area contributed by atoms with Crippen LogP contribution in [0.1, 0.15) is 32.8 Å². The van der Waals surface area contributed by atoms with Crippen molar-refractivity contribution in [2.45, 2.75) is 32.8 Å². The highest BCUT2D eigenvalue weighted by molar-refractivity contribution is 6.30. The smallest absolute Gasteiger partial charge is 0.312 e. The normalized spacial score (nSPS) is 15.4. The highest BCUT2D eigenvalue weighted by atomic mass is 35.5. The maximum atomic E-state index is 11.3. The topological polar surface area (TPSA) is 57.5 Å². The predicted octanol–water partition coefficient (Wildman–Crippen LogP) is 3.05. The summed E-state index contributed by atoms with van der Waals surface area (Å²) in [5.41, 5.74) is -2.12. The van der Waals surface area contributed by atoms with Gasteiger partial charge in [0.15, 0.2) is 0 Å². The number of carbonyl (C=O) groups is 1. The summed E-state index contributed by atoms with van der Waals surface area (Å²) in [4.78, 5) is 11.3. The molecule has 1 aromatic rings. The lowest BCUT2D eigenvalue weighted by Crippen LogP contribution is -2.46. The fourth-order valence-corrected chi connectivity index (χ4v) is 2.04. The first-order chi connectivity index (χ1) is 7.75. The molecule has 0 saturated heterocycles. The minimum atomic E-state index is -1.41. The molecule has 3 nitrogen and oxygen atoms in total. The summed E-state index contributed by atoms with van der Waals surface area (Å²) < 4.78 is 0. The van der Waals surface area contributed by atoms with Crippen LogP contribution < -0.4 is 0 Å². The molecule has 0 fully saturated rings. The summed E-state index contributed by atoms with van der Waals surface area (Å²) >= 11 is 5.78. The van der Waals surface area contributed by atoms with Crippen LogP contribution in [-0.4, -0.2) is 16.2 Å². The first kappa shape index (κ1) is 14.0. The minimum absolute atomic E-state index is 0.313. The largest absolute Gasteiger partial charge is 0.481 e. The van der Waals surface area contributed by atoms with E-state index in [2.05, 4.69) is 0 Å². The number of carboxylic acid groups (broad SMARTS) is 1. The Kier molecular flexibility index (Phi) is 3.84. The van der Waals surface area contributed by atoms with Crippen LogP contribution in [0.5, 0.6) is 0 Å². The Morgan fingerprint density at radius 1 is 1.29 bits per heavy atom. The maximum Gasteiger partial charge on any atom is 0.312 e. The third-order valence-electron chi connectivity index (χ3n) is 3.40. The van der Waals surface area contributed by atoms with E-state index in [9.17, 15) is 15.0 Å². The van der Waals surface area contributed by atoms with Gasteiger partial charge in [-0.05, 0) is 38.0 Å². The molecule has 0 aliphatic heterocycles. The first-order valence-electron chi connectivity index (χ1n) is 5.47. The third-order valence-corrected chi connectivity index (χ3v) is 3.65. The van der Waals surface area contributed by atoms with E-state index in [4.69, 9.17) is 11.6 Å². The third kappa shape index (κ3) is 2.31. The molecular formula is C13H17ClO3. The van der Waals surface area contributed by atoms with Crippen molar-refractivity contribution in [2.75, 3.05) is 0 Å². The number of aliphatic carboxylic acids is 1. The van der Waals surface area contributed by atoms with Crippen molar-refractivity contribution in [3.63, 3.8) is 0 Å². The number of benzene rings is 1. The lowest BCUT2D eigenvalue weighted by atomic mass is 9.69. The zero-order chi connectivity index (χ0) is 13.3. The van der Waals surface area contributed by atoms with Crippen LogP contribution in [0.15, 0.2) is 24.3 Å². The van der Waals surface area contributed by atoms with E-state index in [1.54, 1.807) is 31.2 Å². The van der Waals surface area contributed by atoms with E-state index in [1.807, 2.05) is 0 Å². The van der Waals surface area contributed by atoms with Crippen molar-refractivity contribution in [1.29, 1.82) is 0 Å². The Morgan fingerprint density at radius 2 is 1.76 bits per heavy atom. The van der Waals surface area contributed by atoms with Gasteiger partial charge in [-0.15, -0.1) is 0 Å². The van der Waals surface area contributed by atoms with E-state index >= 15 is 0 Å². The number of hydrogen-bond acceptors (Lipinski definition) is 2. The molecule has 0 amide bonds. The van der Waals surface area contributed by atoms with Crippen molar-refractivity contribution in [3.05, 3.63) is 34.9 Å². The molecule has 0 saturated carbocycles. The molecular weight excluding hydrogens is 240 g/mol. The van der Waals surface area contributed by atoms with Gasteiger partial charge in [-0.2, -0.15) is 0 Å². The SMILES string of the molecule is CCC(O)(c1ccc(Cl)cc1)C(C)(C)C(=O)O. The summed E-state index contributed by atoms with van der Waals surface area (Å²) in [6.45, 7) is 4.81. The fraction of sp³-hybridized carbons (Fsp3) is 0.462. The van der Waals surface area contributed by atoms with Gasteiger partial charge in [-0.1, -0.05) is 30.7 Å². The summed E-state index contributed by atoms with van der Waals surface area (Å²) in [5.74, 6) is -1.03. The number of carboxylic acids is 1. The Balaban J connectivity index is 3.30. The lowest BCUT2D eigenvalue weighted by Gasteiger charge is -2.39. The van der Waals surface area contributed by atoms with Gasteiger partial charge in [0, 0.05) is 5.02 Å². The van der Waals surface area contributed by atoms with Gasteiger partial charge in [0.2, 0.25) is 0 Å². The number of aliphatic hydroxyl groups is 1. The maximum absolute atomic E-state index is 11.3. The van der Waals surface area contributed by atoms with Crippen molar-refractivity contribution < 1.29 is 15.0 Å². The molecule has 17 heavy (non-hydrogen) atoms. The molecule has 1 aromatic carbocycles. The molecule has 1 atom stereocenters. The van der Waals surface area contributed by atoms with Gasteiger partial charge >= 0.3 is 5.97 Å². The molecule has 0 spiro atoms. The lowest BCUT2D eigenvalue weighted by molar-refractivity contribution is -0.167. The molecule has 1 rings (SSSR count). The van der Waals surface area contributed by atoms with E-state index in [0.29, 0.717) is 17.0 Å². The number of hydrogen-bond donors (Lipinski definition) is 2. The van der Waals surface area contributed by atoms with Gasteiger partial charge in [0.25, 0.3) is 0 Å². The molecule has 2 N–H and O–H groups in total. The molecule has 0 heterocycles. The van der Waals surface area contributed by atoms with Crippen LogP contribution in [-0.2, 0) is 10.4 Å². The Labute approximate surface area is 106 Å². The van der Waals surface area contributed by atoms with Crippen LogP contribution in [0.4, 0.5) is 0 Å². The zero-order valence-corrected chi connectivity index (χ0v) is 11.0. The molecule has 0 radical (unpaired) electrons. The Morgan fingerprint density at radius 3 is 2.12 bits per heavy atom. The van der Waals surface area contributed by atoms with Crippen LogP contribution in [0.2, 0.25) is 5.02 Å². The van der Waals surface area contributed by atoms with Gasteiger partial charge in [-0.3, -0.25) is 4.79 Å². The predicted molar refractivity (Wildman–Crippen MR) is 67.1 cm³/mol. The second kappa shape index (κ2) is 4.67. The number of rotatable bonds is 4. The van der Waals surface area contributed by atoms with Crippen LogP contribution in [0.3, 0.4) is 0 Å². The quantitative estimate of drug-likeness (QED) is 0.871. The summed E-state index contributed by atoms with van der Waals surface area (Å²) in [6.07, 6.45) is 0.313. The van der Waals surface area contributed by atoms with Gasteiger partial charge < -0.3 is 10.2 Å². The van der Waals surface area contributed by atoms with Crippen molar-refractivity contribution in [2.24, 2.45) is 5.41 Å². The summed E-state index contributed by atoms with van der Waals surface area (Å²) in [7, 11) is 0. The second-order valence-corrected chi connectivity index (χ2v) is 5.09. The van der Waals surface area contributed by atoms with E-state index in [-0.39, 0.29) is 0 Å². The number of halogens is 1. The Hall–Kier alpha value is -1.06. The molecule has 0 bridgehead atoms. The standard InChI is InChI=1S/C13H17ClO3/c1-4-13(17,12(2,3)11(15)16)9-5-7-10(14)8-6-9/h5-8,17H,4H2,1-3H3,(H,15,16). The zero-order valence-electron chi connectivity index (χ0n) is 10.2. The van der Waals surface area contributed by atoms with E-state index in [0.717, 1.165) is 0 Å². The second-order valence-electron chi connectivity index (χ2n) is 4.65. The highest BCUT2D eigenvalue weighted by Gasteiger charge is 2.48. The molecule has 0 aliphatic carbocycles. The van der Waals surface area contributed by atoms with Crippen molar-refractivity contribution in [1.82, 2.24) is 0 Å². The molecule has 1 unspecified atom stereocenters. The summed E-state index contributed by atoms with van der Waals surface area (Å²) in [6, 6.07) is 6.62. The monoisotopic (exact) mass is 256 g/mol. The van der Waals surface area contributed by atoms with Crippen molar-refractivity contribution >= 4 is 17.6 Å². The Bertz CT molecular complexity index is 411. The minimum Gasteiger partial charge on any atom is -0.481 e. The molecule has 4 heteroatoms. The first-order valence-corrected chi connectivity index (χ1v) is 5.85. The summed E-state index contributed by atoms with van der Waals surface area (Å²) in [5, 5.41) is 20.5. The van der Waals surface area contributed by atoms with Gasteiger partial charge in [-0.25, -0.2) is 0 Å². The fourth-order valence-electron chi connectivity index (χ4n) is 1.91. The van der Waals surface area contributed by atoms with E-state index in [1.165, 1.54) is 13.8 Å². The average molecular weight is 257 g/mol. The van der Waals surface area contributed by atoms with Crippen molar-refractivity contribution in [3.8, 4) is 0 Å². The molecule has 0 aliphatic rings. The highest BCUT2D eigenvalue weighted by Crippen LogP contribution is 2.42. The molecule has 0 aromatic heterocycles. The van der Waals surface area contributed by atoms with Crippen LogP contribution >= 0.6 is 11.6 Å². The van der Waals surface area contributed by atoms with Gasteiger partial charge in [0.05, 0.1) is 5.41 Å². The molecule has 94 valence electrons.